The lowest BCUT2D eigenvalue weighted by molar-refractivity contribution is 0.410. The highest BCUT2D eigenvalue weighted by Gasteiger charge is 2.22. The van der Waals surface area contributed by atoms with Crippen LogP contribution in [0.2, 0.25) is 0 Å². The Balaban J connectivity index is 0.00000576. The molecule has 0 heterocycles. The van der Waals surface area contributed by atoms with Crippen molar-refractivity contribution in [2.45, 2.75) is 45.2 Å². The van der Waals surface area contributed by atoms with Gasteiger partial charge in [-0.05, 0) is 37.5 Å². The molecule has 0 aliphatic rings. The fourth-order valence-electron chi connectivity index (χ4n) is 1.93. The Morgan fingerprint density at radius 1 is 1.12 bits per heavy atom. The number of nitrogens with one attached hydrogen (secondary N) is 2. The number of halogens is 1. The van der Waals surface area contributed by atoms with Crippen LogP contribution in [0.5, 0.6) is 0 Å². The Morgan fingerprint density at radius 3 is 2.12 bits per heavy atom. The average molecular weight is 482 g/mol. The first-order chi connectivity index (χ1) is 11.2. The summed E-state index contributed by atoms with van der Waals surface area (Å²) in [6.45, 7) is 9.40. The minimum Gasteiger partial charge on any atom is -0.356 e. The van der Waals surface area contributed by atoms with Gasteiger partial charge in [-0.2, -0.15) is 4.31 Å². The Morgan fingerprint density at radius 2 is 1.68 bits per heavy atom. The molecule has 0 spiro atoms. The van der Waals surface area contributed by atoms with Crippen molar-refractivity contribution in [3.8, 4) is 0 Å². The van der Waals surface area contributed by atoms with Crippen LogP contribution in [0, 0.1) is 5.92 Å². The first kappa shape index (κ1) is 24.1. The molecule has 0 saturated carbocycles. The summed E-state index contributed by atoms with van der Waals surface area (Å²) in [7, 11) is -0.106. The van der Waals surface area contributed by atoms with Crippen molar-refractivity contribution < 1.29 is 8.42 Å². The molecule has 6 nitrogen and oxygen atoms in total. The van der Waals surface area contributed by atoms with Crippen LogP contribution in [0.3, 0.4) is 0 Å². The highest BCUT2D eigenvalue weighted by Crippen LogP contribution is 2.17. The summed E-state index contributed by atoms with van der Waals surface area (Å²) in [5.74, 6) is 1.27. The number of hydrogen-bond donors (Lipinski definition) is 2. The van der Waals surface area contributed by atoms with Gasteiger partial charge in [-0.25, -0.2) is 8.42 Å². The Kier molecular flexibility index (Phi) is 10.6. The molecule has 144 valence electrons. The lowest BCUT2D eigenvalue weighted by Crippen LogP contribution is -2.38. The van der Waals surface area contributed by atoms with E-state index >= 15 is 0 Å². The van der Waals surface area contributed by atoms with E-state index in [-0.39, 0.29) is 30.0 Å². The Labute approximate surface area is 169 Å². The zero-order valence-corrected chi connectivity index (χ0v) is 19.1. The third-order valence-corrected chi connectivity index (χ3v) is 5.74. The van der Waals surface area contributed by atoms with Crippen LogP contribution < -0.4 is 10.6 Å². The SMILES string of the molecule is CN=C(NCc1ccc(S(=O)(=O)N(C)C(C)C)cc1)NCC(C)C.I. The van der Waals surface area contributed by atoms with Crippen LogP contribution >= 0.6 is 24.0 Å². The van der Waals surface area contributed by atoms with Crippen molar-refractivity contribution in [2.24, 2.45) is 10.9 Å². The molecule has 0 bridgehead atoms. The molecular weight excluding hydrogens is 451 g/mol. The summed E-state index contributed by atoms with van der Waals surface area (Å²) in [6, 6.07) is 6.87. The lowest BCUT2D eigenvalue weighted by atomic mass is 10.2. The smallest absolute Gasteiger partial charge is 0.243 e. The minimum absolute atomic E-state index is 0. The predicted octanol–water partition coefficient (Wildman–Crippen LogP) is 2.65. The number of aliphatic imine (C=N–C) groups is 1. The third-order valence-electron chi connectivity index (χ3n) is 3.69. The fourth-order valence-corrected chi connectivity index (χ4v) is 3.30. The van der Waals surface area contributed by atoms with Crippen LogP contribution in [0.25, 0.3) is 0 Å². The van der Waals surface area contributed by atoms with Crippen LogP contribution in [0.15, 0.2) is 34.2 Å². The number of benzene rings is 1. The second-order valence-corrected chi connectivity index (χ2v) is 8.46. The maximum Gasteiger partial charge on any atom is 0.243 e. The second kappa shape index (κ2) is 11.0. The van der Waals surface area contributed by atoms with E-state index in [4.69, 9.17) is 0 Å². The minimum atomic E-state index is -3.43. The lowest BCUT2D eigenvalue weighted by Gasteiger charge is -2.21. The first-order valence-corrected chi connectivity index (χ1v) is 9.64. The van der Waals surface area contributed by atoms with Crippen LogP contribution in [0.4, 0.5) is 0 Å². The van der Waals surface area contributed by atoms with Gasteiger partial charge in [0, 0.05) is 33.2 Å². The molecule has 0 saturated heterocycles. The molecule has 1 aromatic carbocycles. The summed E-state index contributed by atoms with van der Waals surface area (Å²) >= 11 is 0. The Bertz CT molecular complexity index is 643. The zero-order chi connectivity index (χ0) is 18.3. The third kappa shape index (κ3) is 7.49. The fraction of sp³-hybridized carbons (Fsp3) is 0.588. The molecular formula is C17H31IN4O2S. The second-order valence-electron chi connectivity index (χ2n) is 6.46. The Hall–Kier alpha value is -0.870. The summed E-state index contributed by atoms with van der Waals surface area (Å²) in [6.07, 6.45) is 0. The monoisotopic (exact) mass is 482 g/mol. The number of sulfonamides is 1. The van der Waals surface area contributed by atoms with E-state index in [1.54, 1.807) is 26.2 Å². The van der Waals surface area contributed by atoms with Crippen LogP contribution in [-0.4, -0.2) is 45.4 Å². The summed E-state index contributed by atoms with van der Waals surface area (Å²) in [5, 5.41) is 6.46. The normalized spacial score (nSPS) is 12.4. The molecule has 0 fully saturated rings. The number of hydrogen-bond acceptors (Lipinski definition) is 3. The van der Waals surface area contributed by atoms with Gasteiger partial charge in [0.05, 0.1) is 4.90 Å². The van der Waals surface area contributed by atoms with Crippen molar-refractivity contribution in [1.82, 2.24) is 14.9 Å². The van der Waals surface area contributed by atoms with Crippen LogP contribution in [-0.2, 0) is 16.6 Å². The van der Waals surface area contributed by atoms with E-state index in [0.29, 0.717) is 17.4 Å². The standard InChI is InChI=1S/C17H30N4O2S.HI/c1-13(2)11-19-17(18-5)20-12-15-7-9-16(10-8-15)24(22,23)21(6)14(3)4;/h7-10,13-14H,11-12H2,1-6H3,(H2,18,19,20);1H. The van der Waals surface area contributed by atoms with Gasteiger partial charge in [-0.3, -0.25) is 4.99 Å². The van der Waals surface area contributed by atoms with Crippen molar-refractivity contribution in [3.63, 3.8) is 0 Å². The van der Waals surface area contributed by atoms with Gasteiger partial charge in [0.25, 0.3) is 0 Å². The molecule has 2 N–H and O–H groups in total. The molecule has 1 aromatic rings. The predicted molar refractivity (Wildman–Crippen MR) is 115 cm³/mol. The van der Waals surface area contributed by atoms with Gasteiger partial charge >= 0.3 is 0 Å². The van der Waals surface area contributed by atoms with Gasteiger partial charge in [-0.1, -0.05) is 26.0 Å². The summed E-state index contributed by atoms with van der Waals surface area (Å²) in [5.41, 5.74) is 0.994. The number of guanidine groups is 1. The molecule has 0 aliphatic carbocycles. The van der Waals surface area contributed by atoms with Gasteiger partial charge < -0.3 is 10.6 Å². The van der Waals surface area contributed by atoms with E-state index in [1.165, 1.54) is 4.31 Å². The molecule has 0 unspecified atom stereocenters. The molecule has 0 aliphatic heterocycles. The van der Waals surface area contributed by atoms with E-state index < -0.39 is 10.0 Å². The van der Waals surface area contributed by atoms with Crippen molar-refractivity contribution in [1.29, 1.82) is 0 Å². The maximum absolute atomic E-state index is 12.4. The molecule has 8 heteroatoms. The zero-order valence-electron chi connectivity index (χ0n) is 15.9. The molecule has 1 rings (SSSR count). The van der Waals surface area contributed by atoms with Crippen molar-refractivity contribution >= 4 is 40.0 Å². The topological polar surface area (TPSA) is 73.8 Å². The highest BCUT2D eigenvalue weighted by atomic mass is 127. The van der Waals surface area contributed by atoms with E-state index in [1.807, 2.05) is 26.0 Å². The van der Waals surface area contributed by atoms with Gasteiger partial charge in [0.2, 0.25) is 10.0 Å². The largest absolute Gasteiger partial charge is 0.356 e. The highest BCUT2D eigenvalue weighted by molar-refractivity contribution is 14.0. The van der Waals surface area contributed by atoms with E-state index in [2.05, 4.69) is 29.5 Å². The van der Waals surface area contributed by atoms with Crippen LogP contribution in [0.1, 0.15) is 33.3 Å². The van der Waals surface area contributed by atoms with Crippen molar-refractivity contribution in [2.75, 3.05) is 20.6 Å². The van der Waals surface area contributed by atoms with Crippen molar-refractivity contribution in [3.05, 3.63) is 29.8 Å². The van der Waals surface area contributed by atoms with E-state index in [0.717, 1.165) is 18.1 Å². The van der Waals surface area contributed by atoms with E-state index in [9.17, 15) is 8.42 Å². The average Bonchev–Trinajstić information content (AvgIpc) is 2.54. The molecule has 0 radical (unpaired) electrons. The quantitative estimate of drug-likeness (QED) is 0.356. The molecule has 0 amide bonds. The summed E-state index contributed by atoms with van der Waals surface area (Å²) < 4.78 is 26.2. The molecule has 25 heavy (non-hydrogen) atoms. The van der Waals surface area contributed by atoms with Gasteiger partial charge in [0.1, 0.15) is 0 Å². The van der Waals surface area contributed by atoms with Gasteiger partial charge in [-0.15, -0.1) is 24.0 Å². The maximum atomic E-state index is 12.4. The molecule has 0 atom stereocenters. The number of rotatable bonds is 7. The molecule has 0 aromatic heterocycles. The van der Waals surface area contributed by atoms with Gasteiger partial charge in [0.15, 0.2) is 5.96 Å². The first-order valence-electron chi connectivity index (χ1n) is 8.20. The summed E-state index contributed by atoms with van der Waals surface area (Å²) in [4.78, 5) is 4.48. The number of nitrogens with zero attached hydrogens (tertiary/aromatic N) is 2.